The highest BCUT2D eigenvalue weighted by Gasteiger charge is 2.26. The van der Waals surface area contributed by atoms with Crippen LogP contribution in [0.15, 0.2) is 24.3 Å². The largest absolute Gasteiger partial charge is 0.444 e. The van der Waals surface area contributed by atoms with Crippen molar-refractivity contribution in [2.24, 2.45) is 0 Å². The van der Waals surface area contributed by atoms with Gasteiger partial charge in [0.25, 0.3) is 0 Å². The highest BCUT2D eigenvalue weighted by molar-refractivity contribution is 5.68. The van der Waals surface area contributed by atoms with Crippen molar-refractivity contribution < 1.29 is 14.6 Å². The highest BCUT2D eigenvalue weighted by Crippen LogP contribution is 2.21. The molecule has 5 heteroatoms. The Labute approximate surface area is 125 Å². The molecule has 1 saturated heterocycles. The van der Waals surface area contributed by atoms with Gasteiger partial charge in [0.15, 0.2) is 0 Å². The van der Waals surface area contributed by atoms with Crippen LogP contribution in [0.5, 0.6) is 0 Å². The molecule has 5 nitrogen and oxygen atoms in total. The molecule has 1 aliphatic heterocycles. The number of aliphatic hydroxyl groups excluding tert-OH is 1. The lowest BCUT2D eigenvalue weighted by Crippen LogP contribution is -2.40. The van der Waals surface area contributed by atoms with Gasteiger partial charge in [-0.15, -0.1) is 0 Å². The molecule has 0 aromatic heterocycles. The Morgan fingerprint density at radius 1 is 1.38 bits per heavy atom. The summed E-state index contributed by atoms with van der Waals surface area (Å²) in [6.07, 6.45) is 0.547. The van der Waals surface area contributed by atoms with E-state index in [2.05, 4.69) is 10.2 Å². The van der Waals surface area contributed by atoms with Crippen LogP contribution >= 0.6 is 0 Å². The first-order valence-electron chi connectivity index (χ1n) is 7.31. The Morgan fingerprint density at radius 3 is 2.62 bits per heavy atom. The molecule has 2 rings (SSSR count). The van der Waals surface area contributed by atoms with Gasteiger partial charge < -0.3 is 20.1 Å². The van der Waals surface area contributed by atoms with Gasteiger partial charge >= 0.3 is 6.09 Å². The first-order chi connectivity index (χ1) is 9.87. The Balaban J connectivity index is 1.86. The van der Waals surface area contributed by atoms with E-state index in [1.807, 2.05) is 45.0 Å². The van der Waals surface area contributed by atoms with E-state index in [0.717, 1.165) is 30.8 Å². The summed E-state index contributed by atoms with van der Waals surface area (Å²) in [7, 11) is 0. The maximum absolute atomic E-state index is 11.8. The average Bonchev–Trinajstić information content (AvgIpc) is 2.85. The van der Waals surface area contributed by atoms with Crippen molar-refractivity contribution in [1.82, 2.24) is 5.32 Å². The van der Waals surface area contributed by atoms with Crippen molar-refractivity contribution in [2.75, 3.05) is 18.0 Å². The van der Waals surface area contributed by atoms with E-state index in [9.17, 15) is 4.79 Å². The fraction of sp³-hybridized carbons (Fsp3) is 0.562. The quantitative estimate of drug-likeness (QED) is 0.897. The van der Waals surface area contributed by atoms with Crippen LogP contribution < -0.4 is 10.2 Å². The number of alkyl carbamates (subject to hydrolysis) is 1. The zero-order chi connectivity index (χ0) is 15.5. The van der Waals surface area contributed by atoms with Gasteiger partial charge in [-0.3, -0.25) is 0 Å². The molecule has 1 aromatic rings. The molecule has 0 saturated carbocycles. The normalized spacial score (nSPS) is 18.7. The fourth-order valence-electron chi connectivity index (χ4n) is 2.40. The number of hydrogen-bond acceptors (Lipinski definition) is 4. The summed E-state index contributed by atoms with van der Waals surface area (Å²) < 4.78 is 5.27. The molecular weight excluding hydrogens is 268 g/mol. The molecule has 2 N–H and O–H groups in total. The van der Waals surface area contributed by atoms with E-state index < -0.39 is 5.60 Å². The number of hydrogen-bond donors (Lipinski definition) is 2. The minimum Gasteiger partial charge on any atom is -0.444 e. The highest BCUT2D eigenvalue weighted by atomic mass is 16.6. The van der Waals surface area contributed by atoms with Crippen molar-refractivity contribution in [3.8, 4) is 0 Å². The molecule has 1 amide bonds. The third-order valence-corrected chi connectivity index (χ3v) is 3.39. The maximum Gasteiger partial charge on any atom is 0.407 e. The number of nitrogens with one attached hydrogen (secondary N) is 1. The SMILES string of the molecule is CC(C)(C)OC(=O)NC1CCN(c2ccc(CO)cc2)C1. The summed E-state index contributed by atoms with van der Waals surface area (Å²) in [5.74, 6) is 0. The summed E-state index contributed by atoms with van der Waals surface area (Å²) in [5.41, 5.74) is 1.55. The molecule has 116 valence electrons. The van der Waals surface area contributed by atoms with Gasteiger partial charge in [-0.25, -0.2) is 4.79 Å². The molecule has 0 bridgehead atoms. The van der Waals surface area contributed by atoms with Crippen LogP contribution in [0.4, 0.5) is 10.5 Å². The number of ether oxygens (including phenoxy) is 1. The lowest BCUT2D eigenvalue weighted by Gasteiger charge is -2.22. The van der Waals surface area contributed by atoms with E-state index in [1.54, 1.807) is 0 Å². The number of rotatable bonds is 3. The molecule has 1 fully saturated rings. The number of amides is 1. The van der Waals surface area contributed by atoms with Crippen LogP contribution in [0, 0.1) is 0 Å². The Kier molecular flexibility index (Phi) is 4.73. The smallest absolute Gasteiger partial charge is 0.407 e. The average molecular weight is 292 g/mol. The number of anilines is 1. The topological polar surface area (TPSA) is 61.8 Å². The molecule has 1 heterocycles. The number of carbonyl (C=O) groups is 1. The molecule has 1 aliphatic rings. The lowest BCUT2D eigenvalue weighted by atomic mass is 10.2. The van der Waals surface area contributed by atoms with Crippen molar-refractivity contribution >= 4 is 11.8 Å². The molecule has 0 radical (unpaired) electrons. The van der Waals surface area contributed by atoms with Crippen molar-refractivity contribution in [3.05, 3.63) is 29.8 Å². The van der Waals surface area contributed by atoms with Crippen molar-refractivity contribution in [2.45, 2.75) is 45.4 Å². The van der Waals surface area contributed by atoms with Gasteiger partial charge in [-0.2, -0.15) is 0 Å². The Bertz CT molecular complexity index is 479. The van der Waals surface area contributed by atoms with Gasteiger partial charge in [0.05, 0.1) is 12.6 Å². The third-order valence-electron chi connectivity index (χ3n) is 3.39. The van der Waals surface area contributed by atoms with Crippen LogP contribution in [-0.2, 0) is 11.3 Å². The second kappa shape index (κ2) is 6.35. The summed E-state index contributed by atoms with van der Waals surface area (Å²) in [6.45, 7) is 7.31. The molecule has 1 atom stereocenters. The van der Waals surface area contributed by atoms with E-state index in [-0.39, 0.29) is 18.7 Å². The number of nitrogens with zero attached hydrogens (tertiary/aromatic N) is 1. The maximum atomic E-state index is 11.8. The first-order valence-corrected chi connectivity index (χ1v) is 7.31. The molecule has 1 aromatic carbocycles. The van der Waals surface area contributed by atoms with Crippen molar-refractivity contribution in [1.29, 1.82) is 0 Å². The van der Waals surface area contributed by atoms with Gasteiger partial charge in [-0.1, -0.05) is 12.1 Å². The van der Waals surface area contributed by atoms with E-state index in [0.29, 0.717) is 0 Å². The van der Waals surface area contributed by atoms with Gasteiger partial charge in [0, 0.05) is 18.8 Å². The summed E-state index contributed by atoms with van der Waals surface area (Å²) in [5, 5.41) is 12.0. The number of carbonyl (C=O) groups excluding carboxylic acids is 1. The standard InChI is InChI=1S/C16H24N2O3/c1-16(2,3)21-15(20)17-13-8-9-18(10-13)14-6-4-12(11-19)5-7-14/h4-7,13,19H,8-11H2,1-3H3,(H,17,20). The fourth-order valence-corrected chi connectivity index (χ4v) is 2.40. The zero-order valence-corrected chi connectivity index (χ0v) is 12.9. The van der Waals surface area contributed by atoms with Crippen LogP contribution in [-0.4, -0.2) is 35.9 Å². The summed E-state index contributed by atoms with van der Waals surface area (Å²) >= 11 is 0. The summed E-state index contributed by atoms with van der Waals surface area (Å²) in [4.78, 5) is 14.0. The van der Waals surface area contributed by atoms with Gasteiger partial charge in [-0.05, 0) is 44.9 Å². The minimum atomic E-state index is -0.470. The third kappa shape index (κ3) is 4.63. The van der Waals surface area contributed by atoms with E-state index in [4.69, 9.17) is 9.84 Å². The van der Waals surface area contributed by atoms with Gasteiger partial charge in [0.2, 0.25) is 0 Å². The molecule has 21 heavy (non-hydrogen) atoms. The molecule has 1 unspecified atom stereocenters. The summed E-state index contributed by atoms with van der Waals surface area (Å²) in [6, 6.07) is 7.95. The zero-order valence-electron chi connectivity index (χ0n) is 12.9. The second-order valence-electron chi connectivity index (χ2n) is 6.40. The second-order valence-corrected chi connectivity index (χ2v) is 6.40. The van der Waals surface area contributed by atoms with Crippen LogP contribution in [0.3, 0.4) is 0 Å². The Hall–Kier alpha value is -1.75. The lowest BCUT2D eigenvalue weighted by molar-refractivity contribution is 0.0509. The predicted molar refractivity (Wildman–Crippen MR) is 82.4 cm³/mol. The molecule has 0 aliphatic carbocycles. The monoisotopic (exact) mass is 292 g/mol. The number of benzene rings is 1. The van der Waals surface area contributed by atoms with Crippen molar-refractivity contribution in [3.63, 3.8) is 0 Å². The molecular formula is C16H24N2O3. The predicted octanol–water partition coefficient (Wildman–Crippen LogP) is 2.28. The van der Waals surface area contributed by atoms with Crippen LogP contribution in [0.25, 0.3) is 0 Å². The van der Waals surface area contributed by atoms with E-state index in [1.165, 1.54) is 0 Å². The number of aliphatic hydroxyl groups is 1. The van der Waals surface area contributed by atoms with Crippen LogP contribution in [0.2, 0.25) is 0 Å². The molecule has 0 spiro atoms. The van der Waals surface area contributed by atoms with E-state index >= 15 is 0 Å². The Morgan fingerprint density at radius 2 is 2.05 bits per heavy atom. The minimum absolute atomic E-state index is 0.0586. The van der Waals surface area contributed by atoms with Gasteiger partial charge in [0.1, 0.15) is 5.60 Å². The first kappa shape index (κ1) is 15.6. The van der Waals surface area contributed by atoms with Crippen LogP contribution in [0.1, 0.15) is 32.8 Å².